The quantitative estimate of drug-likeness (QED) is 0.319. The van der Waals surface area contributed by atoms with E-state index in [-0.39, 0.29) is 23.2 Å². The number of carbonyl (C=O) groups excluding carboxylic acids is 1. The van der Waals surface area contributed by atoms with Gasteiger partial charge in [-0.2, -0.15) is 13.2 Å². The molecule has 36 heavy (non-hydrogen) atoms. The lowest BCUT2D eigenvalue weighted by molar-refractivity contribution is -0.137. The van der Waals surface area contributed by atoms with Gasteiger partial charge in [-0.15, -0.1) is 10.2 Å². The summed E-state index contributed by atoms with van der Waals surface area (Å²) in [7, 11) is 0. The molecule has 0 unspecified atom stereocenters. The first-order chi connectivity index (χ1) is 17.0. The second-order valence-corrected chi connectivity index (χ2v) is 10.0. The number of aromatic nitrogens is 4. The van der Waals surface area contributed by atoms with Gasteiger partial charge in [-0.05, 0) is 44.5 Å². The Hall–Kier alpha value is -3.60. The molecular weight excluding hydrogens is 491 g/mol. The predicted molar refractivity (Wildman–Crippen MR) is 129 cm³/mol. The summed E-state index contributed by atoms with van der Waals surface area (Å²) in [5.41, 5.74) is 0.182. The minimum atomic E-state index is -4.49. The van der Waals surface area contributed by atoms with Crippen LogP contribution in [0.5, 0.6) is 0 Å². The zero-order valence-corrected chi connectivity index (χ0v) is 20.7. The van der Waals surface area contributed by atoms with Gasteiger partial charge >= 0.3 is 6.18 Å². The zero-order chi connectivity index (χ0) is 25.9. The van der Waals surface area contributed by atoms with Crippen molar-refractivity contribution in [2.75, 3.05) is 0 Å². The van der Waals surface area contributed by atoms with Gasteiger partial charge in [-0.1, -0.05) is 48.2 Å². The number of halogens is 3. The van der Waals surface area contributed by atoms with Crippen LogP contribution in [0.2, 0.25) is 0 Å². The lowest BCUT2D eigenvalue weighted by atomic mass is 10.1. The highest BCUT2D eigenvalue weighted by atomic mass is 32.2. The van der Waals surface area contributed by atoms with E-state index in [1.54, 1.807) is 10.6 Å². The molecule has 2 aromatic carbocycles. The molecule has 188 valence electrons. The number of alkyl halides is 3. The van der Waals surface area contributed by atoms with Crippen molar-refractivity contribution in [3.05, 3.63) is 89.4 Å². The highest BCUT2D eigenvalue weighted by Gasteiger charge is 2.31. The molecule has 0 saturated carbocycles. The minimum absolute atomic E-state index is 0.143. The fourth-order valence-electron chi connectivity index (χ4n) is 3.38. The third-order valence-electron chi connectivity index (χ3n) is 4.93. The molecule has 7 nitrogen and oxygen atoms in total. The van der Waals surface area contributed by atoms with Crippen molar-refractivity contribution in [1.82, 2.24) is 25.1 Å². The molecule has 0 fully saturated rings. The molecule has 2 aromatic heterocycles. The summed E-state index contributed by atoms with van der Waals surface area (Å²) in [6.07, 6.45) is -2.84. The summed E-state index contributed by atoms with van der Waals surface area (Å²) in [5, 5.41) is 11.7. The van der Waals surface area contributed by atoms with Crippen LogP contribution in [0.25, 0.3) is 5.69 Å². The average Bonchev–Trinajstić information content (AvgIpc) is 3.44. The van der Waals surface area contributed by atoms with Gasteiger partial charge < -0.3 is 9.73 Å². The van der Waals surface area contributed by atoms with Gasteiger partial charge in [-0.3, -0.25) is 9.36 Å². The van der Waals surface area contributed by atoms with E-state index >= 15 is 0 Å². The summed E-state index contributed by atoms with van der Waals surface area (Å²) < 4.78 is 47.2. The number of hydrogen-bond donors (Lipinski definition) is 1. The van der Waals surface area contributed by atoms with E-state index in [2.05, 4.69) is 20.5 Å². The van der Waals surface area contributed by atoms with Crippen molar-refractivity contribution in [2.24, 2.45) is 0 Å². The summed E-state index contributed by atoms with van der Waals surface area (Å²) in [5.74, 6) is 0.605. The van der Waals surface area contributed by atoms with Crippen LogP contribution in [0, 0.1) is 0 Å². The fourth-order valence-corrected chi connectivity index (χ4v) is 4.20. The van der Waals surface area contributed by atoms with Crippen LogP contribution in [-0.4, -0.2) is 31.2 Å². The van der Waals surface area contributed by atoms with Gasteiger partial charge in [0.1, 0.15) is 12.1 Å². The molecule has 0 aliphatic heterocycles. The van der Waals surface area contributed by atoms with Gasteiger partial charge in [-0.25, -0.2) is 4.98 Å². The van der Waals surface area contributed by atoms with Crippen LogP contribution in [0.15, 0.2) is 70.4 Å². The Morgan fingerprint density at radius 3 is 2.50 bits per heavy atom. The highest BCUT2D eigenvalue weighted by molar-refractivity contribution is 7.98. The molecule has 2 heterocycles. The normalized spacial score (nSPS) is 12.1. The number of thioether (sulfide) groups is 1. The highest BCUT2D eigenvalue weighted by Crippen LogP contribution is 2.32. The van der Waals surface area contributed by atoms with Gasteiger partial charge in [0.15, 0.2) is 10.9 Å². The molecule has 0 radical (unpaired) electrons. The Bertz CT molecular complexity index is 1340. The molecule has 0 bridgehead atoms. The van der Waals surface area contributed by atoms with Crippen LogP contribution < -0.4 is 5.32 Å². The van der Waals surface area contributed by atoms with Crippen LogP contribution in [0.3, 0.4) is 0 Å². The molecular formula is C25H24F3N5O2S. The Morgan fingerprint density at radius 2 is 1.81 bits per heavy atom. The second kappa shape index (κ2) is 10.2. The van der Waals surface area contributed by atoms with E-state index in [1.165, 1.54) is 24.1 Å². The standard InChI is InChI=1S/C25H24F3N5O2S/c1-24(2,3)30-22(34)19-14-35-21(29-19)15-36-23-32-31-20(12-16-8-5-4-6-9-16)33(23)18-11-7-10-17(13-18)25(26,27)28/h4-11,13-14H,12,15H2,1-3H3,(H,30,34). The van der Waals surface area contributed by atoms with Crippen molar-refractivity contribution < 1.29 is 22.4 Å². The predicted octanol–water partition coefficient (Wildman–Crippen LogP) is 5.69. The number of hydrogen-bond acceptors (Lipinski definition) is 6. The number of carbonyl (C=O) groups is 1. The summed E-state index contributed by atoms with van der Waals surface area (Å²) in [4.78, 5) is 16.5. The molecule has 0 spiro atoms. The number of nitrogens with one attached hydrogen (secondary N) is 1. The van der Waals surface area contributed by atoms with Crippen molar-refractivity contribution in [2.45, 2.75) is 49.8 Å². The maximum Gasteiger partial charge on any atom is 0.416 e. The maximum atomic E-state index is 13.4. The van der Waals surface area contributed by atoms with Crippen LogP contribution in [-0.2, 0) is 18.3 Å². The van der Waals surface area contributed by atoms with E-state index in [4.69, 9.17) is 4.42 Å². The van der Waals surface area contributed by atoms with Crippen LogP contribution in [0.1, 0.15) is 54.1 Å². The van der Waals surface area contributed by atoms with E-state index in [1.807, 2.05) is 51.1 Å². The molecule has 4 rings (SSSR count). The Morgan fingerprint density at radius 1 is 1.06 bits per heavy atom. The summed E-state index contributed by atoms with van der Waals surface area (Å²) in [6, 6.07) is 14.5. The molecule has 11 heteroatoms. The molecule has 4 aromatic rings. The number of oxazole rings is 1. The van der Waals surface area contributed by atoms with Gasteiger partial charge in [0, 0.05) is 12.0 Å². The first-order valence-corrected chi connectivity index (χ1v) is 12.0. The number of amides is 1. The van der Waals surface area contributed by atoms with Crippen LogP contribution >= 0.6 is 11.8 Å². The minimum Gasteiger partial charge on any atom is -0.447 e. The Labute approximate surface area is 210 Å². The van der Waals surface area contributed by atoms with E-state index in [9.17, 15) is 18.0 Å². The molecule has 1 amide bonds. The third-order valence-corrected chi connectivity index (χ3v) is 5.85. The van der Waals surface area contributed by atoms with Crippen molar-refractivity contribution in [3.8, 4) is 5.69 Å². The van der Waals surface area contributed by atoms with Gasteiger partial charge in [0.2, 0.25) is 5.89 Å². The fraction of sp³-hybridized carbons (Fsp3) is 0.280. The van der Waals surface area contributed by atoms with E-state index in [0.29, 0.717) is 23.1 Å². The van der Waals surface area contributed by atoms with Gasteiger partial charge in [0.25, 0.3) is 5.91 Å². The lowest BCUT2D eigenvalue weighted by Crippen LogP contribution is -2.40. The smallest absolute Gasteiger partial charge is 0.416 e. The zero-order valence-electron chi connectivity index (χ0n) is 19.8. The first-order valence-electron chi connectivity index (χ1n) is 11.1. The van der Waals surface area contributed by atoms with Crippen LogP contribution in [0.4, 0.5) is 13.2 Å². The molecule has 0 saturated heterocycles. The maximum absolute atomic E-state index is 13.4. The average molecular weight is 516 g/mol. The first kappa shape index (κ1) is 25.5. The number of nitrogens with zero attached hydrogens (tertiary/aromatic N) is 4. The Kier molecular flexibility index (Phi) is 7.21. The van der Waals surface area contributed by atoms with Gasteiger partial charge in [0.05, 0.1) is 17.0 Å². The number of benzene rings is 2. The summed E-state index contributed by atoms with van der Waals surface area (Å²) >= 11 is 1.20. The molecule has 0 aliphatic carbocycles. The Balaban J connectivity index is 1.61. The largest absolute Gasteiger partial charge is 0.447 e. The second-order valence-electron chi connectivity index (χ2n) is 9.06. The van der Waals surface area contributed by atoms with Crippen molar-refractivity contribution in [1.29, 1.82) is 0 Å². The SMILES string of the molecule is CC(C)(C)NC(=O)c1coc(CSc2nnc(Cc3ccccc3)n2-c2cccc(C(F)(F)F)c2)n1. The van der Waals surface area contributed by atoms with E-state index < -0.39 is 17.3 Å². The lowest BCUT2D eigenvalue weighted by Gasteiger charge is -2.19. The van der Waals surface area contributed by atoms with Crippen molar-refractivity contribution >= 4 is 17.7 Å². The van der Waals surface area contributed by atoms with Crippen molar-refractivity contribution in [3.63, 3.8) is 0 Å². The third kappa shape index (κ3) is 6.34. The van der Waals surface area contributed by atoms with E-state index in [0.717, 1.165) is 17.7 Å². The number of rotatable bonds is 7. The molecule has 0 atom stereocenters. The topological polar surface area (TPSA) is 85.8 Å². The monoisotopic (exact) mass is 515 g/mol. The summed E-state index contributed by atoms with van der Waals surface area (Å²) in [6.45, 7) is 5.57. The molecule has 1 N–H and O–H groups in total. The molecule has 0 aliphatic rings.